The number of carbonyl (C=O) groups is 1. The number of nitrogens with one attached hydrogen (secondary N) is 1. The zero-order valence-electron chi connectivity index (χ0n) is 19.2. The third-order valence-corrected chi connectivity index (χ3v) is 7.31. The molecule has 1 aromatic heterocycles. The van der Waals surface area contributed by atoms with Crippen LogP contribution in [0.25, 0.3) is 16.8 Å². The number of nitrogens with zero attached hydrogens (tertiary/aromatic N) is 2. The number of aromatic nitrogens is 2. The lowest BCUT2D eigenvalue weighted by atomic mass is 10.0. The van der Waals surface area contributed by atoms with Crippen molar-refractivity contribution >= 4 is 27.7 Å². The fourth-order valence-corrected chi connectivity index (χ4v) is 5.25. The van der Waals surface area contributed by atoms with Crippen LogP contribution in [0.1, 0.15) is 17.0 Å². The molecule has 0 saturated carbocycles. The zero-order valence-corrected chi connectivity index (χ0v) is 20.8. The van der Waals surface area contributed by atoms with E-state index < -0.39 is 16.1 Å². The van der Waals surface area contributed by atoms with Crippen LogP contribution in [0.5, 0.6) is 0 Å². The van der Waals surface area contributed by atoms with Crippen molar-refractivity contribution in [3.63, 3.8) is 0 Å². The van der Waals surface area contributed by atoms with Crippen molar-refractivity contribution < 1.29 is 17.9 Å². The summed E-state index contributed by atoms with van der Waals surface area (Å²) in [7, 11) is -4.11. The Hall–Kier alpha value is -3.62. The van der Waals surface area contributed by atoms with Gasteiger partial charge in [-0.3, -0.25) is 0 Å². The van der Waals surface area contributed by atoms with Crippen molar-refractivity contribution in [3.05, 3.63) is 101 Å². The zero-order chi connectivity index (χ0) is 25.0. The summed E-state index contributed by atoms with van der Waals surface area (Å²) in [6.07, 6.45) is -0.635. The van der Waals surface area contributed by atoms with Crippen molar-refractivity contribution in [2.24, 2.45) is 0 Å². The quantitative estimate of drug-likeness (QED) is 0.357. The Kier molecular flexibility index (Phi) is 7.23. The molecule has 0 aliphatic rings. The number of carbonyl (C=O) groups excluding carboxylic acids is 1. The third kappa shape index (κ3) is 5.55. The number of benzene rings is 3. The topological polar surface area (TPSA) is 90.3 Å². The second-order valence-electron chi connectivity index (χ2n) is 7.91. The lowest BCUT2D eigenvalue weighted by Crippen LogP contribution is -2.31. The molecule has 0 atom stereocenters. The molecule has 0 unspecified atom stereocenters. The van der Waals surface area contributed by atoms with E-state index in [2.05, 4.69) is 12.1 Å². The number of hydrogen-bond acceptors (Lipinski definition) is 5. The van der Waals surface area contributed by atoms with E-state index in [0.29, 0.717) is 6.42 Å². The van der Waals surface area contributed by atoms with E-state index in [1.54, 1.807) is 6.07 Å². The van der Waals surface area contributed by atoms with Crippen molar-refractivity contribution in [3.8, 4) is 16.8 Å². The van der Waals surface area contributed by atoms with Gasteiger partial charge in [-0.2, -0.15) is 5.10 Å². The molecule has 0 aliphatic heterocycles. The molecule has 0 bridgehead atoms. The van der Waals surface area contributed by atoms with Gasteiger partial charge in [0.25, 0.3) is 10.0 Å². The monoisotopic (exact) mass is 509 g/mol. The summed E-state index contributed by atoms with van der Waals surface area (Å²) in [5.74, 6) is 0. The first-order valence-corrected chi connectivity index (χ1v) is 12.8. The van der Waals surface area contributed by atoms with Crippen molar-refractivity contribution in [1.29, 1.82) is 0 Å². The van der Waals surface area contributed by atoms with E-state index in [9.17, 15) is 13.2 Å². The first-order valence-electron chi connectivity index (χ1n) is 10.9. The van der Waals surface area contributed by atoms with Crippen LogP contribution in [0.4, 0.5) is 4.79 Å². The SMILES string of the molecule is Cc1nn(-c2ccc(CCOC(=O)NS(=O)(=O)c3ccccc3Cl)cc2)c(C)c1-c1ccccc1. The van der Waals surface area contributed by atoms with E-state index in [0.717, 1.165) is 33.8 Å². The van der Waals surface area contributed by atoms with Crippen LogP contribution in [0.2, 0.25) is 5.02 Å². The summed E-state index contributed by atoms with van der Waals surface area (Å²) < 4.78 is 33.5. The largest absolute Gasteiger partial charge is 0.448 e. The molecule has 0 aliphatic carbocycles. The molecule has 0 spiro atoms. The fourth-order valence-electron chi connectivity index (χ4n) is 3.84. The number of amides is 1. The summed E-state index contributed by atoms with van der Waals surface area (Å²) in [5.41, 5.74) is 6.07. The second kappa shape index (κ2) is 10.3. The van der Waals surface area contributed by atoms with E-state index in [1.165, 1.54) is 18.2 Å². The molecule has 4 rings (SSSR count). The Labute approximate surface area is 209 Å². The minimum Gasteiger partial charge on any atom is -0.448 e. The first-order chi connectivity index (χ1) is 16.8. The third-order valence-electron chi connectivity index (χ3n) is 5.50. The molecule has 0 radical (unpaired) electrons. The van der Waals surface area contributed by atoms with E-state index in [-0.39, 0.29) is 16.5 Å². The molecule has 35 heavy (non-hydrogen) atoms. The van der Waals surface area contributed by atoms with Crippen LogP contribution < -0.4 is 4.72 Å². The average molecular weight is 510 g/mol. The summed E-state index contributed by atoms with van der Waals surface area (Å²) in [4.78, 5) is 11.8. The number of rotatable bonds is 7. The molecular weight excluding hydrogens is 486 g/mol. The van der Waals surface area contributed by atoms with Gasteiger partial charge in [0, 0.05) is 17.7 Å². The molecule has 1 amide bonds. The van der Waals surface area contributed by atoms with Crippen molar-refractivity contribution in [2.75, 3.05) is 6.61 Å². The van der Waals surface area contributed by atoms with Crippen molar-refractivity contribution in [2.45, 2.75) is 25.2 Å². The normalized spacial score (nSPS) is 11.3. The van der Waals surface area contributed by atoms with Crippen LogP contribution in [0.15, 0.2) is 83.8 Å². The standard InChI is InChI=1S/C26H24ClN3O4S/c1-18-25(21-8-4-3-5-9-21)19(2)30(28-18)22-14-12-20(13-15-22)16-17-34-26(31)29-35(32,33)24-11-7-6-10-23(24)27/h3-15H,16-17H2,1-2H3,(H,29,31). The summed E-state index contributed by atoms with van der Waals surface area (Å²) in [6, 6.07) is 23.8. The lowest BCUT2D eigenvalue weighted by molar-refractivity contribution is 0.154. The first kappa shape index (κ1) is 24.5. The van der Waals surface area contributed by atoms with Crippen LogP contribution in [0, 0.1) is 13.8 Å². The van der Waals surface area contributed by atoms with Crippen LogP contribution in [-0.4, -0.2) is 30.9 Å². The summed E-state index contributed by atoms with van der Waals surface area (Å²) >= 11 is 5.91. The Morgan fingerprint density at radius 1 is 0.971 bits per heavy atom. The minimum atomic E-state index is -4.11. The smallest absolute Gasteiger partial charge is 0.421 e. The van der Waals surface area contributed by atoms with E-state index in [1.807, 2.05) is 65.7 Å². The molecule has 1 heterocycles. The van der Waals surface area contributed by atoms with E-state index >= 15 is 0 Å². The molecule has 0 fully saturated rings. The van der Waals surface area contributed by atoms with Crippen LogP contribution in [-0.2, 0) is 21.2 Å². The van der Waals surface area contributed by atoms with Gasteiger partial charge in [-0.1, -0.05) is 66.2 Å². The molecule has 1 N–H and O–H groups in total. The predicted molar refractivity (Wildman–Crippen MR) is 135 cm³/mol. The van der Waals surface area contributed by atoms with Gasteiger partial charge >= 0.3 is 6.09 Å². The maximum atomic E-state index is 12.3. The Bertz CT molecular complexity index is 1450. The van der Waals surface area contributed by atoms with Crippen LogP contribution >= 0.6 is 11.6 Å². The second-order valence-corrected chi connectivity index (χ2v) is 9.97. The van der Waals surface area contributed by atoms with Gasteiger partial charge in [-0.25, -0.2) is 22.6 Å². The van der Waals surface area contributed by atoms with Crippen molar-refractivity contribution in [1.82, 2.24) is 14.5 Å². The highest BCUT2D eigenvalue weighted by Gasteiger charge is 2.21. The average Bonchev–Trinajstić information content (AvgIpc) is 3.13. The number of aryl methyl sites for hydroxylation is 1. The molecule has 9 heteroatoms. The molecule has 0 saturated heterocycles. The lowest BCUT2D eigenvalue weighted by Gasteiger charge is -2.10. The maximum Gasteiger partial charge on any atom is 0.421 e. The highest BCUT2D eigenvalue weighted by molar-refractivity contribution is 7.90. The van der Waals surface area contributed by atoms with Gasteiger partial charge in [0.15, 0.2) is 0 Å². The van der Waals surface area contributed by atoms with Gasteiger partial charge in [-0.15, -0.1) is 0 Å². The Morgan fingerprint density at radius 2 is 1.63 bits per heavy atom. The molecular formula is C26H24ClN3O4S. The number of sulfonamides is 1. The highest BCUT2D eigenvalue weighted by atomic mass is 35.5. The fraction of sp³-hybridized carbons (Fsp3) is 0.154. The Morgan fingerprint density at radius 3 is 2.31 bits per heavy atom. The molecule has 180 valence electrons. The number of ether oxygens (including phenoxy) is 1. The van der Waals surface area contributed by atoms with E-state index in [4.69, 9.17) is 21.4 Å². The van der Waals surface area contributed by atoms with Gasteiger partial charge in [-0.05, 0) is 49.2 Å². The van der Waals surface area contributed by atoms with Crippen LogP contribution in [0.3, 0.4) is 0 Å². The Balaban J connectivity index is 1.37. The van der Waals surface area contributed by atoms with Gasteiger partial charge in [0.2, 0.25) is 0 Å². The highest BCUT2D eigenvalue weighted by Crippen LogP contribution is 2.28. The summed E-state index contributed by atoms with van der Waals surface area (Å²) in [6.45, 7) is 4.05. The summed E-state index contributed by atoms with van der Waals surface area (Å²) in [5, 5.41) is 4.73. The molecule has 7 nitrogen and oxygen atoms in total. The van der Waals surface area contributed by atoms with Gasteiger partial charge < -0.3 is 4.74 Å². The molecule has 4 aromatic rings. The predicted octanol–water partition coefficient (Wildman–Crippen LogP) is 5.47. The molecule has 3 aromatic carbocycles. The van der Waals surface area contributed by atoms with Gasteiger partial charge in [0.05, 0.1) is 23.0 Å². The number of halogens is 1. The minimum absolute atomic E-state index is 0.0152. The van der Waals surface area contributed by atoms with Gasteiger partial charge in [0.1, 0.15) is 4.90 Å². The maximum absolute atomic E-state index is 12.3. The number of hydrogen-bond donors (Lipinski definition) is 1.